The normalized spacial score (nSPS) is 14.4. The van der Waals surface area contributed by atoms with Crippen LogP contribution in [0.3, 0.4) is 0 Å². The zero-order valence-corrected chi connectivity index (χ0v) is 11.7. The van der Waals surface area contributed by atoms with Crippen LogP contribution in [0.2, 0.25) is 0 Å². The highest BCUT2D eigenvalue weighted by Crippen LogP contribution is 2.22. The first-order valence-electron chi connectivity index (χ1n) is 5.96. The van der Waals surface area contributed by atoms with E-state index in [-0.39, 0.29) is 11.5 Å². The van der Waals surface area contributed by atoms with Gasteiger partial charge in [-0.1, -0.05) is 26.8 Å². The lowest BCUT2D eigenvalue weighted by atomic mass is 9.85. The van der Waals surface area contributed by atoms with Crippen molar-refractivity contribution in [2.24, 2.45) is 11.1 Å². The lowest BCUT2D eigenvalue weighted by Gasteiger charge is -2.34. The van der Waals surface area contributed by atoms with E-state index >= 15 is 0 Å². The summed E-state index contributed by atoms with van der Waals surface area (Å²) in [5, 5.41) is 2.14. The predicted molar refractivity (Wildman–Crippen MR) is 72.7 cm³/mol. The third-order valence-corrected chi connectivity index (χ3v) is 4.13. The molecule has 0 aliphatic carbocycles. The Morgan fingerprint density at radius 3 is 2.62 bits per heavy atom. The van der Waals surface area contributed by atoms with Crippen LogP contribution in [-0.4, -0.2) is 24.0 Å². The topological polar surface area (TPSA) is 29.3 Å². The third-order valence-electron chi connectivity index (χ3n) is 3.27. The van der Waals surface area contributed by atoms with Crippen molar-refractivity contribution in [3.63, 3.8) is 0 Å². The van der Waals surface area contributed by atoms with E-state index in [1.807, 2.05) is 11.3 Å². The molecule has 2 nitrogen and oxygen atoms in total. The molecule has 0 saturated carbocycles. The van der Waals surface area contributed by atoms with E-state index in [2.05, 4.69) is 50.1 Å². The van der Waals surface area contributed by atoms with Crippen LogP contribution in [-0.2, 0) is 6.54 Å². The zero-order valence-electron chi connectivity index (χ0n) is 10.9. The van der Waals surface area contributed by atoms with Gasteiger partial charge in [-0.2, -0.15) is 0 Å². The summed E-state index contributed by atoms with van der Waals surface area (Å²) in [5.41, 5.74) is 6.20. The maximum absolute atomic E-state index is 6.02. The molecule has 0 aliphatic heterocycles. The lowest BCUT2D eigenvalue weighted by Crippen LogP contribution is -2.43. The summed E-state index contributed by atoms with van der Waals surface area (Å²) in [7, 11) is 0. The molecule has 0 amide bonds. The highest BCUT2D eigenvalue weighted by Gasteiger charge is 2.25. The van der Waals surface area contributed by atoms with E-state index in [4.69, 9.17) is 5.73 Å². The van der Waals surface area contributed by atoms with Gasteiger partial charge in [0.05, 0.1) is 0 Å². The number of thiophene rings is 1. The minimum atomic E-state index is 0.174. The van der Waals surface area contributed by atoms with Crippen LogP contribution in [0, 0.1) is 5.41 Å². The minimum Gasteiger partial charge on any atom is -0.327 e. The highest BCUT2D eigenvalue weighted by molar-refractivity contribution is 7.09. The van der Waals surface area contributed by atoms with Crippen LogP contribution in [0.5, 0.6) is 0 Å². The SMILES string of the molecule is CCN(Cc1cccs1)CC(C)(C)C(C)N. The Morgan fingerprint density at radius 1 is 1.50 bits per heavy atom. The fourth-order valence-electron chi connectivity index (χ4n) is 1.62. The highest BCUT2D eigenvalue weighted by atomic mass is 32.1. The molecule has 1 rings (SSSR count). The summed E-state index contributed by atoms with van der Waals surface area (Å²) >= 11 is 1.83. The summed E-state index contributed by atoms with van der Waals surface area (Å²) in [4.78, 5) is 3.90. The summed E-state index contributed by atoms with van der Waals surface area (Å²) in [6.07, 6.45) is 0. The Balaban J connectivity index is 2.55. The number of nitrogens with zero attached hydrogens (tertiary/aromatic N) is 1. The van der Waals surface area contributed by atoms with Crippen molar-refractivity contribution < 1.29 is 0 Å². The number of nitrogens with two attached hydrogens (primary N) is 1. The van der Waals surface area contributed by atoms with Gasteiger partial charge in [-0.3, -0.25) is 4.90 Å². The first-order chi connectivity index (χ1) is 7.45. The van der Waals surface area contributed by atoms with Crippen LogP contribution in [0.4, 0.5) is 0 Å². The van der Waals surface area contributed by atoms with E-state index in [0.29, 0.717) is 0 Å². The molecule has 0 saturated heterocycles. The van der Waals surface area contributed by atoms with Gasteiger partial charge in [0.15, 0.2) is 0 Å². The molecule has 1 atom stereocenters. The minimum absolute atomic E-state index is 0.174. The van der Waals surface area contributed by atoms with E-state index in [1.165, 1.54) is 4.88 Å². The van der Waals surface area contributed by atoms with E-state index in [0.717, 1.165) is 19.6 Å². The van der Waals surface area contributed by atoms with Crippen LogP contribution in [0.1, 0.15) is 32.6 Å². The third kappa shape index (κ3) is 3.89. The molecule has 0 aliphatic rings. The molecule has 92 valence electrons. The van der Waals surface area contributed by atoms with Crippen LogP contribution >= 0.6 is 11.3 Å². The zero-order chi connectivity index (χ0) is 12.2. The maximum atomic E-state index is 6.02. The number of hydrogen-bond donors (Lipinski definition) is 1. The average molecular weight is 240 g/mol. The standard InChI is InChI=1S/C13H24N2S/c1-5-15(9-12-7-6-8-16-12)10-13(3,4)11(2)14/h6-8,11H,5,9-10,14H2,1-4H3. The first kappa shape index (κ1) is 13.7. The smallest absolute Gasteiger partial charge is 0.0328 e. The second-order valence-electron chi connectivity index (χ2n) is 5.16. The van der Waals surface area contributed by atoms with Gasteiger partial charge >= 0.3 is 0 Å². The summed E-state index contributed by atoms with van der Waals surface area (Å²) in [5.74, 6) is 0. The Labute approximate surface area is 103 Å². The van der Waals surface area contributed by atoms with Crippen molar-refractivity contribution in [2.75, 3.05) is 13.1 Å². The average Bonchev–Trinajstić information content (AvgIpc) is 2.68. The Bertz CT molecular complexity index is 291. The molecule has 16 heavy (non-hydrogen) atoms. The van der Waals surface area contributed by atoms with Crippen molar-refractivity contribution >= 4 is 11.3 Å². The molecule has 1 aromatic rings. The largest absolute Gasteiger partial charge is 0.327 e. The molecule has 1 aromatic heterocycles. The molecule has 1 unspecified atom stereocenters. The van der Waals surface area contributed by atoms with Crippen LogP contribution in [0.15, 0.2) is 17.5 Å². The molecular weight excluding hydrogens is 216 g/mol. The van der Waals surface area contributed by atoms with Crippen molar-refractivity contribution in [1.82, 2.24) is 4.90 Å². The predicted octanol–water partition coefficient (Wildman–Crippen LogP) is 2.94. The van der Waals surface area contributed by atoms with Gasteiger partial charge in [0.25, 0.3) is 0 Å². The molecule has 2 N–H and O–H groups in total. The Kier molecular flexibility index (Phi) is 4.96. The Morgan fingerprint density at radius 2 is 2.19 bits per heavy atom. The molecule has 0 aromatic carbocycles. The van der Waals surface area contributed by atoms with Gasteiger partial charge in [0.1, 0.15) is 0 Å². The van der Waals surface area contributed by atoms with Crippen molar-refractivity contribution in [3.05, 3.63) is 22.4 Å². The Hall–Kier alpha value is -0.380. The van der Waals surface area contributed by atoms with E-state index in [1.54, 1.807) is 0 Å². The fourth-order valence-corrected chi connectivity index (χ4v) is 2.37. The van der Waals surface area contributed by atoms with Gasteiger partial charge in [-0.25, -0.2) is 0 Å². The molecule has 3 heteroatoms. The molecule has 0 fully saturated rings. The van der Waals surface area contributed by atoms with Crippen molar-refractivity contribution in [2.45, 2.75) is 40.3 Å². The molecule has 0 bridgehead atoms. The number of hydrogen-bond acceptors (Lipinski definition) is 3. The van der Waals surface area contributed by atoms with Gasteiger partial charge in [-0.15, -0.1) is 11.3 Å². The van der Waals surface area contributed by atoms with Gasteiger partial charge in [0.2, 0.25) is 0 Å². The first-order valence-corrected chi connectivity index (χ1v) is 6.84. The van der Waals surface area contributed by atoms with Crippen molar-refractivity contribution in [3.8, 4) is 0 Å². The molecule has 0 spiro atoms. The van der Waals surface area contributed by atoms with E-state index in [9.17, 15) is 0 Å². The second kappa shape index (κ2) is 5.80. The summed E-state index contributed by atoms with van der Waals surface area (Å²) in [6, 6.07) is 4.54. The number of rotatable bonds is 6. The van der Waals surface area contributed by atoms with Crippen molar-refractivity contribution in [1.29, 1.82) is 0 Å². The fraction of sp³-hybridized carbons (Fsp3) is 0.692. The van der Waals surface area contributed by atoms with Crippen LogP contribution < -0.4 is 5.73 Å². The monoisotopic (exact) mass is 240 g/mol. The second-order valence-corrected chi connectivity index (χ2v) is 6.19. The maximum Gasteiger partial charge on any atom is 0.0328 e. The van der Waals surface area contributed by atoms with Gasteiger partial charge in [-0.05, 0) is 30.3 Å². The molecule has 0 radical (unpaired) electrons. The quantitative estimate of drug-likeness (QED) is 0.828. The van der Waals surface area contributed by atoms with E-state index < -0.39 is 0 Å². The summed E-state index contributed by atoms with van der Waals surface area (Å²) in [6.45, 7) is 12.0. The lowest BCUT2D eigenvalue weighted by molar-refractivity contribution is 0.158. The van der Waals surface area contributed by atoms with Gasteiger partial charge in [0, 0.05) is 24.0 Å². The molecular formula is C13H24N2S. The van der Waals surface area contributed by atoms with Crippen LogP contribution in [0.25, 0.3) is 0 Å². The summed E-state index contributed by atoms with van der Waals surface area (Å²) < 4.78 is 0. The van der Waals surface area contributed by atoms with Gasteiger partial charge < -0.3 is 5.73 Å². The molecule has 1 heterocycles.